The summed E-state index contributed by atoms with van der Waals surface area (Å²) in [4.78, 5) is 38.1. The van der Waals surface area contributed by atoms with Crippen molar-refractivity contribution >= 4 is 35.0 Å². The highest BCUT2D eigenvalue weighted by Crippen LogP contribution is 2.24. The van der Waals surface area contributed by atoms with E-state index in [1.54, 1.807) is 50.5 Å². The Labute approximate surface area is 151 Å². The standard InChI is InChI=1S/C19H20N2O3S/c1-13(22)14-7-6-8-15(11-14)20-19(24)16-9-4-5-10-17(16)25-12-18(23)21(2)3/h4-11H,12H2,1-3H3,(H,20,24). The number of thioether (sulfide) groups is 1. The molecule has 0 aromatic heterocycles. The molecule has 2 amide bonds. The van der Waals surface area contributed by atoms with E-state index in [0.717, 1.165) is 4.90 Å². The number of ketones is 1. The maximum Gasteiger partial charge on any atom is 0.256 e. The molecule has 2 rings (SSSR count). The third-order valence-electron chi connectivity index (χ3n) is 3.51. The maximum absolute atomic E-state index is 12.6. The maximum atomic E-state index is 12.6. The third kappa shape index (κ3) is 5.19. The molecule has 0 unspecified atom stereocenters. The van der Waals surface area contributed by atoms with Crippen molar-refractivity contribution in [1.82, 2.24) is 4.90 Å². The molecule has 5 nitrogen and oxygen atoms in total. The Balaban J connectivity index is 2.15. The second kappa shape index (κ2) is 8.48. The normalized spacial score (nSPS) is 10.2. The van der Waals surface area contributed by atoms with Gasteiger partial charge in [-0.15, -0.1) is 11.8 Å². The van der Waals surface area contributed by atoms with Gasteiger partial charge < -0.3 is 10.2 Å². The van der Waals surface area contributed by atoms with Crippen LogP contribution in [0.3, 0.4) is 0 Å². The van der Waals surface area contributed by atoms with Gasteiger partial charge in [0.15, 0.2) is 5.78 Å². The SMILES string of the molecule is CC(=O)c1cccc(NC(=O)c2ccccc2SCC(=O)N(C)C)c1. The van der Waals surface area contributed by atoms with Crippen LogP contribution in [0.1, 0.15) is 27.6 Å². The summed E-state index contributed by atoms with van der Waals surface area (Å²) in [5, 5.41) is 2.80. The zero-order valence-electron chi connectivity index (χ0n) is 14.4. The Kier molecular flexibility index (Phi) is 6.36. The Morgan fingerprint density at radius 1 is 1.04 bits per heavy atom. The molecular weight excluding hydrogens is 336 g/mol. The summed E-state index contributed by atoms with van der Waals surface area (Å²) in [6.45, 7) is 1.48. The molecule has 0 aliphatic rings. The average molecular weight is 356 g/mol. The molecular formula is C19H20N2O3S. The number of hydrogen-bond acceptors (Lipinski definition) is 4. The van der Waals surface area contributed by atoms with Gasteiger partial charge >= 0.3 is 0 Å². The Morgan fingerprint density at radius 3 is 2.44 bits per heavy atom. The van der Waals surface area contributed by atoms with E-state index in [-0.39, 0.29) is 23.4 Å². The zero-order valence-corrected chi connectivity index (χ0v) is 15.2. The number of Topliss-reactive ketones (excluding diaryl/α,β-unsaturated/α-hetero) is 1. The summed E-state index contributed by atoms with van der Waals surface area (Å²) in [6.07, 6.45) is 0. The molecule has 1 N–H and O–H groups in total. The molecule has 0 aliphatic carbocycles. The van der Waals surface area contributed by atoms with E-state index >= 15 is 0 Å². The van der Waals surface area contributed by atoms with Crippen LogP contribution in [-0.2, 0) is 4.79 Å². The number of hydrogen-bond donors (Lipinski definition) is 1. The van der Waals surface area contributed by atoms with Crippen LogP contribution in [0.2, 0.25) is 0 Å². The molecule has 0 atom stereocenters. The molecule has 0 radical (unpaired) electrons. The summed E-state index contributed by atoms with van der Waals surface area (Å²) < 4.78 is 0. The molecule has 130 valence electrons. The van der Waals surface area contributed by atoms with Crippen molar-refractivity contribution < 1.29 is 14.4 Å². The lowest BCUT2D eigenvalue weighted by Gasteiger charge is -2.12. The number of amides is 2. The fraction of sp³-hybridized carbons (Fsp3) is 0.211. The van der Waals surface area contributed by atoms with E-state index in [4.69, 9.17) is 0 Å². The second-order valence-electron chi connectivity index (χ2n) is 5.66. The molecule has 25 heavy (non-hydrogen) atoms. The van der Waals surface area contributed by atoms with Crippen molar-refractivity contribution in [2.45, 2.75) is 11.8 Å². The lowest BCUT2D eigenvalue weighted by atomic mass is 10.1. The van der Waals surface area contributed by atoms with Gasteiger partial charge in [0.25, 0.3) is 5.91 Å². The number of anilines is 1. The van der Waals surface area contributed by atoms with E-state index in [9.17, 15) is 14.4 Å². The van der Waals surface area contributed by atoms with Crippen molar-refractivity contribution in [3.05, 3.63) is 59.7 Å². The highest BCUT2D eigenvalue weighted by molar-refractivity contribution is 8.00. The van der Waals surface area contributed by atoms with Crippen LogP contribution in [0.15, 0.2) is 53.4 Å². The fourth-order valence-electron chi connectivity index (χ4n) is 2.06. The number of nitrogens with zero attached hydrogens (tertiary/aromatic N) is 1. The smallest absolute Gasteiger partial charge is 0.256 e. The molecule has 0 bridgehead atoms. The van der Waals surface area contributed by atoms with E-state index in [2.05, 4.69) is 5.32 Å². The van der Waals surface area contributed by atoms with Crippen LogP contribution in [0.25, 0.3) is 0 Å². The third-order valence-corrected chi connectivity index (χ3v) is 4.57. The Bertz CT molecular complexity index is 803. The monoisotopic (exact) mass is 356 g/mol. The summed E-state index contributed by atoms with van der Waals surface area (Å²) in [5.74, 6) is -0.0957. The van der Waals surface area contributed by atoms with Gasteiger partial charge in [0, 0.05) is 30.2 Å². The molecule has 2 aromatic carbocycles. The largest absolute Gasteiger partial charge is 0.348 e. The van der Waals surface area contributed by atoms with Crippen LogP contribution < -0.4 is 5.32 Å². The van der Waals surface area contributed by atoms with Crippen molar-refractivity contribution in [3.8, 4) is 0 Å². The van der Waals surface area contributed by atoms with Crippen LogP contribution in [0.5, 0.6) is 0 Å². The summed E-state index contributed by atoms with van der Waals surface area (Å²) in [6, 6.07) is 13.9. The molecule has 6 heteroatoms. The number of nitrogens with one attached hydrogen (secondary N) is 1. The number of rotatable bonds is 6. The molecule has 0 saturated carbocycles. The van der Waals surface area contributed by atoms with E-state index in [0.29, 0.717) is 16.8 Å². The van der Waals surface area contributed by atoms with Crippen molar-refractivity contribution in [2.75, 3.05) is 25.2 Å². The van der Waals surface area contributed by atoms with Gasteiger partial charge in [0.05, 0.1) is 11.3 Å². The predicted molar refractivity (Wildman–Crippen MR) is 100 cm³/mol. The molecule has 2 aromatic rings. The summed E-state index contributed by atoms with van der Waals surface area (Å²) in [7, 11) is 3.40. The number of benzene rings is 2. The lowest BCUT2D eigenvalue weighted by Crippen LogP contribution is -2.23. The van der Waals surface area contributed by atoms with Crippen LogP contribution >= 0.6 is 11.8 Å². The van der Waals surface area contributed by atoms with Crippen molar-refractivity contribution in [2.24, 2.45) is 0 Å². The molecule has 0 spiro atoms. The van der Waals surface area contributed by atoms with Gasteiger partial charge in [-0.1, -0.05) is 24.3 Å². The molecule has 0 heterocycles. The first-order valence-electron chi connectivity index (χ1n) is 7.73. The fourth-order valence-corrected chi connectivity index (χ4v) is 3.09. The first-order valence-corrected chi connectivity index (χ1v) is 8.71. The van der Waals surface area contributed by atoms with Crippen LogP contribution in [0.4, 0.5) is 5.69 Å². The van der Waals surface area contributed by atoms with Gasteiger partial charge in [-0.25, -0.2) is 0 Å². The molecule has 0 aliphatic heterocycles. The van der Waals surface area contributed by atoms with Gasteiger partial charge in [-0.3, -0.25) is 14.4 Å². The van der Waals surface area contributed by atoms with E-state index in [1.807, 2.05) is 12.1 Å². The minimum absolute atomic E-state index is 0.0191. The second-order valence-corrected chi connectivity index (χ2v) is 6.68. The first-order chi connectivity index (χ1) is 11.9. The Hall–Kier alpha value is -2.60. The van der Waals surface area contributed by atoms with E-state index < -0.39 is 0 Å². The zero-order chi connectivity index (χ0) is 18.4. The van der Waals surface area contributed by atoms with Crippen LogP contribution in [0, 0.1) is 0 Å². The lowest BCUT2D eigenvalue weighted by molar-refractivity contribution is -0.125. The highest BCUT2D eigenvalue weighted by Gasteiger charge is 2.14. The van der Waals surface area contributed by atoms with Gasteiger partial charge in [0.2, 0.25) is 5.91 Å². The van der Waals surface area contributed by atoms with Crippen molar-refractivity contribution in [1.29, 1.82) is 0 Å². The van der Waals surface area contributed by atoms with Gasteiger partial charge in [0.1, 0.15) is 0 Å². The Morgan fingerprint density at radius 2 is 1.76 bits per heavy atom. The average Bonchev–Trinajstić information content (AvgIpc) is 2.59. The minimum Gasteiger partial charge on any atom is -0.348 e. The van der Waals surface area contributed by atoms with E-state index in [1.165, 1.54) is 23.6 Å². The first kappa shape index (κ1) is 18.7. The number of carbonyl (C=O) groups is 3. The molecule has 0 fully saturated rings. The predicted octanol–water partition coefficient (Wildman–Crippen LogP) is 3.32. The molecule has 0 saturated heterocycles. The quantitative estimate of drug-likeness (QED) is 0.637. The summed E-state index contributed by atoms with van der Waals surface area (Å²) in [5.41, 5.74) is 1.59. The van der Waals surface area contributed by atoms with Gasteiger partial charge in [-0.2, -0.15) is 0 Å². The highest BCUT2D eigenvalue weighted by atomic mass is 32.2. The van der Waals surface area contributed by atoms with Gasteiger partial charge in [-0.05, 0) is 31.2 Å². The minimum atomic E-state index is -0.277. The number of carbonyl (C=O) groups excluding carboxylic acids is 3. The van der Waals surface area contributed by atoms with Crippen LogP contribution in [-0.4, -0.2) is 42.3 Å². The van der Waals surface area contributed by atoms with Crippen molar-refractivity contribution in [3.63, 3.8) is 0 Å². The topological polar surface area (TPSA) is 66.5 Å². The summed E-state index contributed by atoms with van der Waals surface area (Å²) >= 11 is 1.32.